The van der Waals surface area contributed by atoms with Crippen molar-refractivity contribution in [2.75, 3.05) is 0 Å². The molecule has 0 aliphatic carbocycles. The van der Waals surface area contributed by atoms with Crippen molar-refractivity contribution in [2.24, 2.45) is 5.73 Å². The van der Waals surface area contributed by atoms with Gasteiger partial charge >= 0.3 is 0 Å². The fourth-order valence-electron chi connectivity index (χ4n) is 2.21. The summed E-state index contributed by atoms with van der Waals surface area (Å²) in [6.07, 6.45) is 2.11. The molecule has 3 rings (SSSR count). The molecule has 0 saturated heterocycles. The van der Waals surface area contributed by atoms with Gasteiger partial charge in [0.1, 0.15) is 0 Å². The molecule has 2 N–H and O–H groups in total. The molecule has 0 saturated carbocycles. The highest BCUT2D eigenvalue weighted by atomic mass is 35.5. The Labute approximate surface area is 115 Å². The number of halogens is 1. The zero-order valence-electron chi connectivity index (χ0n) is 9.77. The monoisotopic (exact) mass is 276 g/mol. The van der Waals surface area contributed by atoms with Crippen molar-refractivity contribution in [3.63, 3.8) is 0 Å². The van der Waals surface area contributed by atoms with Gasteiger partial charge in [0, 0.05) is 28.5 Å². The van der Waals surface area contributed by atoms with Gasteiger partial charge in [-0.3, -0.25) is 0 Å². The lowest BCUT2D eigenvalue weighted by molar-refractivity contribution is 0.851. The number of benzene rings is 1. The molecule has 18 heavy (non-hydrogen) atoms. The minimum atomic E-state index is 0.576. The summed E-state index contributed by atoms with van der Waals surface area (Å²) in [5, 5.41) is 1.24. The minimum absolute atomic E-state index is 0.576. The van der Waals surface area contributed by atoms with Crippen LogP contribution in [-0.2, 0) is 13.1 Å². The number of nitrogens with two attached hydrogens (primary N) is 1. The summed E-state index contributed by atoms with van der Waals surface area (Å²) in [4.78, 5) is 1.26. The molecule has 0 bridgehead atoms. The first-order valence-electron chi connectivity index (χ1n) is 5.79. The molecule has 4 heteroatoms. The minimum Gasteiger partial charge on any atom is -0.342 e. The number of rotatable bonds is 3. The molecule has 0 radical (unpaired) electrons. The number of hydrogen-bond donors (Lipinski definition) is 1. The van der Waals surface area contributed by atoms with Gasteiger partial charge < -0.3 is 10.3 Å². The Bertz CT molecular complexity index is 684. The van der Waals surface area contributed by atoms with Crippen molar-refractivity contribution in [2.45, 2.75) is 13.1 Å². The standard InChI is InChI=1S/C14H13ClN2S/c15-14-5-4-11(18-14)9-17-7-6-12-10(8-16)2-1-3-13(12)17/h1-7H,8-9,16H2. The summed E-state index contributed by atoms with van der Waals surface area (Å²) in [5.74, 6) is 0. The summed E-state index contributed by atoms with van der Waals surface area (Å²) in [5.41, 5.74) is 8.17. The third-order valence-corrected chi connectivity index (χ3v) is 4.29. The van der Waals surface area contributed by atoms with E-state index in [1.165, 1.54) is 21.3 Å². The van der Waals surface area contributed by atoms with E-state index < -0.39 is 0 Å². The topological polar surface area (TPSA) is 30.9 Å². The van der Waals surface area contributed by atoms with Gasteiger partial charge in [0.2, 0.25) is 0 Å². The number of thiophene rings is 1. The summed E-state index contributed by atoms with van der Waals surface area (Å²) in [6, 6.07) is 12.4. The van der Waals surface area contributed by atoms with Crippen LogP contribution in [0, 0.1) is 0 Å². The Morgan fingerprint density at radius 1 is 1.17 bits per heavy atom. The van der Waals surface area contributed by atoms with E-state index in [1.54, 1.807) is 11.3 Å². The Morgan fingerprint density at radius 3 is 2.78 bits per heavy atom. The molecule has 0 aliphatic rings. The van der Waals surface area contributed by atoms with Gasteiger partial charge in [0.15, 0.2) is 0 Å². The van der Waals surface area contributed by atoms with Crippen molar-refractivity contribution in [3.8, 4) is 0 Å². The summed E-state index contributed by atoms with van der Waals surface area (Å²) < 4.78 is 3.07. The summed E-state index contributed by atoms with van der Waals surface area (Å²) in [6.45, 7) is 1.43. The molecule has 0 spiro atoms. The van der Waals surface area contributed by atoms with E-state index in [1.807, 2.05) is 6.07 Å². The van der Waals surface area contributed by atoms with Crippen LogP contribution in [0.4, 0.5) is 0 Å². The van der Waals surface area contributed by atoms with E-state index in [4.69, 9.17) is 17.3 Å². The van der Waals surface area contributed by atoms with E-state index in [2.05, 4.69) is 41.1 Å². The lowest BCUT2D eigenvalue weighted by atomic mass is 10.1. The van der Waals surface area contributed by atoms with E-state index in [0.29, 0.717) is 6.54 Å². The molecule has 2 nitrogen and oxygen atoms in total. The average molecular weight is 277 g/mol. The van der Waals surface area contributed by atoms with Gasteiger partial charge in [-0.2, -0.15) is 0 Å². The van der Waals surface area contributed by atoms with Crippen LogP contribution < -0.4 is 5.73 Å². The number of fused-ring (bicyclic) bond motifs is 1. The molecular formula is C14H13ClN2S. The zero-order valence-corrected chi connectivity index (χ0v) is 11.3. The first-order valence-corrected chi connectivity index (χ1v) is 6.98. The van der Waals surface area contributed by atoms with Crippen molar-refractivity contribution >= 4 is 33.8 Å². The quantitative estimate of drug-likeness (QED) is 0.774. The van der Waals surface area contributed by atoms with E-state index >= 15 is 0 Å². The lowest BCUT2D eigenvalue weighted by Crippen LogP contribution is -1.98. The van der Waals surface area contributed by atoms with Crippen molar-refractivity contribution in [1.82, 2.24) is 4.57 Å². The van der Waals surface area contributed by atoms with E-state index in [-0.39, 0.29) is 0 Å². The molecule has 2 heterocycles. The number of aromatic nitrogens is 1. The fourth-order valence-corrected chi connectivity index (χ4v) is 3.29. The van der Waals surface area contributed by atoms with Gasteiger partial charge in [-0.15, -0.1) is 11.3 Å². The Kier molecular flexibility index (Phi) is 3.12. The van der Waals surface area contributed by atoms with Crippen LogP contribution in [0.5, 0.6) is 0 Å². The Hall–Kier alpha value is -1.29. The summed E-state index contributed by atoms with van der Waals surface area (Å²) >= 11 is 7.58. The molecule has 0 fully saturated rings. The van der Waals surface area contributed by atoms with Gasteiger partial charge in [0.25, 0.3) is 0 Å². The Balaban J connectivity index is 2.02. The van der Waals surface area contributed by atoms with Gasteiger partial charge in [-0.25, -0.2) is 0 Å². The molecule has 1 aromatic carbocycles. The second kappa shape index (κ2) is 4.76. The Morgan fingerprint density at radius 2 is 2.06 bits per heavy atom. The normalized spacial score (nSPS) is 11.2. The van der Waals surface area contributed by atoms with Crippen molar-refractivity contribution in [1.29, 1.82) is 0 Å². The highest BCUT2D eigenvalue weighted by Gasteiger charge is 2.06. The maximum absolute atomic E-state index is 5.96. The second-order valence-electron chi connectivity index (χ2n) is 4.20. The van der Waals surface area contributed by atoms with Crippen LogP contribution in [0.1, 0.15) is 10.4 Å². The van der Waals surface area contributed by atoms with Crippen LogP contribution >= 0.6 is 22.9 Å². The predicted molar refractivity (Wildman–Crippen MR) is 78.3 cm³/mol. The molecule has 0 aliphatic heterocycles. The SMILES string of the molecule is NCc1cccc2c1ccn2Cc1ccc(Cl)s1. The van der Waals surface area contributed by atoms with E-state index in [0.717, 1.165) is 10.9 Å². The maximum Gasteiger partial charge on any atom is 0.0931 e. The van der Waals surface area contributed by atoms with Crippen LogP contribution in [0.3, 0.4) is 0 Å². The van der Waals surface area contributed by atoms with Gasteiger partial charge in [0.05, 0.1) is 10.9 Å². The molecule has 92 valence electrons. The van der Waals surface area contributed by atoms with E-state index in [9.17, 15) is 0 Å². The zero-order chi connectivity index (χ0) is 12.5. The van der Waals surface area contributed by atoms with Gasteiger partial charge in [-0.05, 0) is 29.8 Å². The molecule has 0 unspecified atom stereocenters. The first-order chi connectivity index (χ1) is 8.78. The predicted octanol–water partition coefficient (Wildman–Crippen LogP) is 3.86. The third-order valence-electron chi connectivity index (χ3n) is 3.08. The van der Waals surface area contributed by atoms with Gasteiger partial charge in [-0.1, -0.05) is 23.7 Å². The van der Waals surface area contributed by atoms with Crippen molar-refractivity contribution < 1.29 is 0 Å². The molecule has 0 atom stereocenters. The van der Waals surface area contributed by atoms with Crippen LogP contribution in [0.2, 0.25) is 4.34 Å². The van der Waals surface area contributed by atoms with Crippen LogP contribution in [0.15, 0.2) is 42.6 Å². The number of nitrogens with zero attached hydrogens (tertiary/aromatic N) is 1. The smallest absolute Gasteiger partial charge is 0.0931 e. The van der Waals surface area contributed by atoms with Crippen LogP contribution in [-0.4, -0.2) is 4.57 Å². The lowest BCUT2D eigenvalue weighted by Gasteiger charge is -2.05. The highest BCUT2D eigenvalue weighted by Crippen LogP contribution is 2.25. The maximum atomic E-state index is 5.96. The van der Waals surface area contributed by atoms with Crippen LogP contribution in [0.25, 0.3) is 10.9 Å². The molecule has 3 aromatic rings. The summed E-state index contributed by atoms with van der Waals surface area (Å²) in [7, 11) is 0. The second-order valence-corrected chi connectivity index (χ2v) is 6.00. The largest absolute Gasteiger partial charge is 0.342 e. The molecule has 2 aromatic heterocycles. The van der Waals surface area contributed by atoms with Crippen molar-refractivity contribution in [3.05, 3.63) is 57.4 Å². The molecule has 0 amide bonds. The first kappa shape index (κ1) is 11.8. The third kappa shape index (κ3) is 2.05. The fraction of sp³-hybridized carbons (Fsp3) is 0.143. The molecular weight excluding hydrogens is 264 g/mol. The average Bonchev–Trinajstić information content (AvgIpc) is 2.97. The number of hydrogen-bond acceptors (Lipinski definition) is 2. The highest BCUT2D eigenvalue weighted by molar-refractivity contribution is 7.16.